The lowest BCUT2D eigenvalue weighted by molar-refractivity contribution is -0.144. The highest BCUT2D eigenvalue weighted by molar-refractivity contribution is 7.19. The molecule has 0 N–H and O–H groups in total. The maximum Gasteiger partial charge on any atom is 0.433 e. The van der Waals surface area contributed by atoms with Crippen LogP contribution in [0, 0.1) is 0 Å². The second kappa shape index (κ2) is 6.40. The molecule has 0 spiro atoms. The number of halogens is 4. The summed E-state index contributed by atoms with van der Waals surface area (Å²) in [6.07, 6.45) is -4.66. The van der Waals surface area contributed by atoms with Crippen LogP contribution in [-0.4, -0.2) is 32.1 Å². The summed E-state index contributed by atoms with van der Waals surface area (Å²) in [5, 5.41) is 3.45. The molecule has 0 aliphatic heterocycles. The van der Waals surface area contributed by atoms with E-state index in [-0.39, 0.29) is 26.6 Å². The van der Waals surface area contributed by atoms with E-state index in [0.29, 0.717) is 10.7 Å². The van der Waals surface area contributed by atoms with Crippen molar-refractivity contribution in [2.45, 2.75) is 19.6 Å². The lowest BCUT2D eigenvalue weighted by atomic mass is 10.3. The molecule has 26 heavy (non-hydrogen) atoms. The summed E-state index contributed by atoms with van der Waals surface area (Å²) in [7, 11) is 1.34. The number of ether oxygens (including phenoxy) is 1. The van der Waals surface area contributed by atoms with Crippen LogP contribution in [0.25, 0.3) is 4.96 Å². The van der Waals surface area contributed by atoms with Gasteiger partial charge in [-0.05, 0) is 0 Å². The largest absolute Gasteiger partial charge is 0.486 e. The van der Waals surface area contributed by atoms with Gasteiger partial charge in [0.05, 0.1) is 19.3 Å². The fraction of sp³-hybridized carbons (Fsp3) is 0.286. The molecule has 3 heterocycles. The van der Waals surface area contributed by atoms with Crippen molar-refractivity contribution in [3.63, 3.8) is 0 Å². The van der Waals surface area contributed by atoms with Crippen molar-refractivity contribution in [1.29, 1.82) is 0 Å². The lowest BCUT2D eigenvalue weighted by Crippen LogP contribution is -2.21. The molecule has 0 amide bonds. The summed E-state index contributed by atoms with van der Waals surface area (Å²) in [5.74, 6) is -0.400. The van der Waals surface area contributed by atoms with Crippen LogP contribution < -0.4 is 10.3 Å². The molecular weight excluding hydrogens is 397 g/mol. The van der Waals surface area contributed by atoms with E-state index >= 15 is 0 Å². The maximum absolute atomic E-state index is 13.0. The minimum absolute atomic E-state index is 0.0367. The van der Waals surface area contributed by atoms with Crippen molar-refractivity contribution in [2.75, 3.05) is 7.11 Å². The van der Waals surface area contributed by atoms with Gasteiger partial charge >= 0.3 is 6.18 Å². The summed E-state index contributed by atoms with van der Waals surface area (Å²) in [5.41, 5.74) is -1.59. The Labute approximate surface area is 152 Å². The van der Waals surface area contributed by atoms with Crippen LogP contribution in [0.3, 0.4) is 0 Å². The molecule has 138 valence electrons. The fourth-order valence-corrected chi connectivity index (χ4v) is 3.62. The van der Waals surface area contributed by atoms with E-state index in [1.54, 1.807) is 0 Å². The Bertz CT molecular complexity index is 1070. The van der Waals surface area contributed by atoms with Crippen LogP contribution in [0.15, 0.2) is 16.9 Å². The molecule has 0 aliphatic carbocycles. The van der Waals surface area contributed by atoms with Gasteiger partial charge in [0.25, 0.3) is 5.56 Å². The molecule has 0 atom stereocenters. The summed E-state index contributed by atoms with van der Waals surface area (Å²) >= 11 is 6.51. The summed E-state index contributed by atoms with van der Waals surface area (Å²) in [6, 6.07) is 1.73. The van der Waals surface area contributed by atoms with Crippen molar-refractivity contribution in [3.8, 4) is 5.06 Å². The van der Waals surface area contributed by atoms with E-state index < -0.39 is 29.8 Å². The molecular formula is C14H10ClF3N4O3S. The highest BCUT2D eigenvalue weighted by atomic mass is 35.5. The third-order valence-corrected chi connectivity index (χ3v) is 4.60. The summed E-state index contributed by atoms with van der Waals surface area (Å²) in [4.78, 5) is 28.4. The Balaban J connectivity index is 2.12. The monoisotopic (exact) mass is 406 g/mol. The highest BCUT2D eigenvalue weighted by Gasteiger charge is 2.36. The number of hydrogen-bond donors (Lipinski definition) is 0. The van der Waals surface area contributed by atoms with Gasteiger partial charge in [-0.1, -0.05) is 22.9 Å². The van der Waals surface area contributed by atoms with Gasteiger partial charge in [0.15, 0.2) is 10.9 Å². The number of carbonyl (C=O) groups is 1. The number of alkyl halides is 3. The van der Waals surface area contributed by atoms with Crippen LogP contribution in [0.1, 0.15) is 28.8 Å². The van der Waals surface area contributed by atoms with E-state index in [2.05, 4.69) is 10.1 Å². The van der Waals surface area contributed by atoms with E-state index in [1.807, 2.05) is 0 Å². The summed E-state index contributed by atoms with van der Waals surface area (Å²) < 4.78 is 45.9. The summed E-state index contributed by atoms with van der Waals surface area (Å²) in [6.45, 7) is 0.856. The SMILES string of the molecule is COc1sc2nc(Cn3nc(Cl)cc3C(F)(F)F)cc(=O)n2c1C(C)=O. The number of aromatic nitrogens is 4. The third-order valence-electron chi connectivity index (χ3n) is 3.41. The molecule has 0 saturated carbocycles. The molecule has 0 radical (unpaired) electrons. The van der Waals surface area contributed by atoms with Gasteiger partial charge in [0.2, 0.25) is 10.0 Å². The molecule has 0 saturated heterocycles. The van der Waals surface area contributed by atoms with Crippen molar-refractivity contribution < 1.29 is 22.7 Å². The van der Waals surface area contributed by atoms with Gasteiger partial charge < -0.3 is 4.74 Å². The average molecular weight is 407 g/mol. The van der Waals surface area contributed by atoms with Crippen LogP contribution in [0.4, 0.5) is 13.2 Å². The van der Waals surface area contributed by atoms with Gasteiger partial charge in [0.1, 0.15) is 11.4 Å². The Morgan fingerprint density at radius 3 is 2.65 bits per heavy atom. The zero-order valence-corrected chi connectivity index (χ0v) is 14.9. The van der Waals surface area contributed by atoms with Gasteiger partial charge in [-0.25, -0.2) is 9.38 Å². The highest BCUT2D eigenvalue weighted by Crippen LogP contribution is 2.32. The number of hydrogen-bond acceptors (Lipinski definition) is 6. The van der Waals surface area contributed by atoms with Crippen LogP contribution in [-0.2, 0) is 12.7 Å². The average Bonchev–Trinajstić information content (AvgIpc) is 3.07. The topological polar surface area (TPSA) is 78.5 Å². The van der Waals surface area contributed by atoms with Gasteiger partial charge in [-0.15, -0.1) is 0 Å². The number of nitrogens with zero attached hydrogens (tertiary/aromatic N) is 4. The van der Waals surface area contributed by atoms with Crippen molar-refractivity contribution in [1.82, 2.24) is 19.2 Å². The van der Waals surface area contributed by atoms with Gasteiger partial charge in [0, 0.05) is 19.1 Å². The molecule has 0 aromatic carbocycles. The van der Waals surface area contributed by atoms with Crippen molar-refractivity contribution >= 4 is 33.7 Å². The normalized spacial score (nSPS) is 11.9. The second-order valence-electron chi connectivity index (χ2n) is 5.21. The molecule has 3 aromatic heterocycles. The van der Waals surface area contributed by atoms with Crippen LogP contribution >= 0.6 is 22.9 Å². The van der Waals surface area contributed by atoms with E-state index in [4.69, 9.17) is 16.3 Å². The van der Waals surface area contributed by atoms with E-state index in [1.165, 1.54) is 14.0 Å². The zero-order chi connectivity index (χ0) is 19.2. The molecule has 12 heteroatoms. The minimum Gasteiger partial charge on any atom is -0.486 e. The fourth-order valence-electron chi connectivity index (χ4n) is 2.41. The Morgan fingerprint density at radius 1 is 1.38 bits per heavy atom. The minimum atomic E-state index is -4.66. The predicted molar refractivity (Wildman–Crippen MR) is 87.2 cm³/mol. The number of fused-ring (bicyclic) bond motifs is 1. The lowest BCUT2D eigenvalue weighted by Gasteiger charge is -2.09. The van der Waals surface area contributed by atoms with E-state index in [9.17, 15) is 22.8 Å². The van der Waals surface area contributed by atoms with Crippen LogP contribution in [0.5, 0.6) is 5.06 Å². The molecule has 0 fully saturated rings. The van der Waals surface area contributed by atoms with Gasteiger partial charge in [-0.3, -0.25) is 14.3 Å². The number of methoxy groups -OCH3 is 1. The van der Waals surface area contributed by atoms with E-state index in [0.717, 1.165) is 21.8 Å². The first kappa shape index (κ1) is 18.4. The second-order valence-corrected chi connectivity index (χ2v) is 6.54. The number of Topliss-reactive ketones (excluding diaryl/α,β-unsaturated/α-hetero) is 1. The Kier molecular flexibility index (Phi) is 4.53. The third kappa shape index (κ3) is 3.19. The first-order chi connectivity index (χ1) is 12.1. The molecule has 0 unspecified atom stereocenters. The number of thiazole rings is 1. The molecule has 3 rings (SSSR count). The van der Waals surface area contributed by atoms with Crippen molar-refractivity contribution in [2.24, 2.45) is 0 Å². The zero-order valence-electron chi connectivity index (χ0n) is 13.3. The van der Waals surface area contributed by atoms with Crippen LogP contribution in [0.2, 0.25) is 5.15 Å². The number of carbonyl (C=O) groups excluding carboxylic acids is 1. The molecule has 7 nitrogen and oxygen atoms in total. The molecule has 3 aromatic rings. The first-order valence-electron chi connectivity index (χ1n) is 7.02. The predicted octanol–water partition coefficient (Wildman–Crippen LogP) is 2.88. The van der Waals surface area contributed by atoms with Crippen molar-refractivity contribution in [3.05, 3.63) is 44.7 Å². The molecule has 0 bridgehead atoms. The molecule has 0 aliphatic rings. The smallest absolute Gasteiger partial charge is 0.433 e. The Hall–Kier alpha value is -2.40. The standard InChI is InChI=1S/C14H10ClF3N4O3S/c1-6(23)11-12(25-2)26-13-19-7(3-10(24)22(11)13)5-21-8(14(16,17)18)4-9(15)20-21/h3-4H,5H2,1-2H3. The maximum atomic E-state index is 13.0. The quantitative estimate of drug-likeness (QED) is 0.622. The number of rotatable bonds is 4. The van der Waals surface area contributed by atoms with Gasteiger partial charge in [-0.2, -0.15) is 18.3 Å². The Morgan fingerprint density at radius 2 is 2.08 bits per heavy atom. The number of ketones is 1. The first-order valence-corrected chi connectivity index (χ1v) is 8.22.